The number of hydrogen-bond acceptors (Lipinski definition) is 2. The molecule has 2 aromatic carbocycles. The van der Waals surface area contributed by atoms with E-state index in [1.807, 2.05) is 0 Å². The molecule has 4 nitrogen and oxygen atoms in total. The first-order valence-electron chi connectivity index (χ1n) is 6.60. The molecule has 23 heavy (non-hydrogen) atoms. The number of nitrogens with zero attached hydrogens (tertiary/aromatic N) is 1. The fourth-order valence-corrected chi connectivity index (χ4v) is 2.22. The Morgan fingerprint density at radius 1 is 1.17 bits per heavy atom. The summed E-state index contributed by atoms with van der Waals surface area (Å²) in [6.07, 6.45) is 0. The van der Waals surface area contributed by atoms with Gasteiger partial charge in [0, 0.05) is 14.0 Å². The SMILES string of the molecule is CC(=O)N(C)c1ccc(F)cc1NC(=O)c1c(F)cccc1Cl. The molecule has 0 saturated carbocycles. The topological polar surface area (TPSA) is 49.4 Å². The Hall–Kier alpha value is -2.47. The quantitative estimate of drug-likeness (QED) is 0.924. The van der Waals surface area contributed by atoms with Crippen LogP contribution in [0.5, 0.6) is 0 Å². The highest BCUT2D eigenvalue weighted by molar-refractivity contribution is 6.34. The molecule has 7 heteroatoms. The molecule has 2 amide bonds. The molecule has 0 spiro atoms. The fraction of sp³-hybridized carbons (Fsp3) is 0.125. The molecule has 0 radical (unpaired) electrons. The number of benzene rings is 2. The predicted octanol–water partition coefficient (Wildman–Crippen LogP) is 3.85. The van der Waals surface area contributed by atoms with Crippen LogP contribution >= 0.6 is 11.6 Å². The zero-order chi connectivity index (χ0) is 17.1. The maximum atomic E-state index is 13.8. The second kappa shape index (κ2) is 6.75. The van der Waals surface area contributed by atoms with Crippen molar-refractivity contribution in [1.29, 1.82) is 0 Å². The van der Waals surface area contributed by atoms with Crippen LogP contribution in [0, 0.1) is 11.6 Å². The molecule has 2 aromatic rings. The van der Waals surface area contributed by atoms with Gasteiger partial charge in [-0.15, -0.1) is 0 Å². The molecular formula is C16H13ClF2N2O2. The highest BCUT2D eigenvalue weighted by Crippen LogP contribution is 2.28. The first-order chi connectivity index (χ1) is 10.8. The van der Waals surface area contributed by atoms with Crippen LogP contribution in [0.25, 0.3) is 0 Å². The Labute approximate surface area is 136 Å². The van der Waals surface area contributed by atoms with Gasteiger partial charge >= 0.3 is 0 Å². The zero-order valence-corrected chi connectivity index (χ0v) is 13.1. The van der Waals surface area contributed by atoms with E-state index in [2.05, 4.69) is 5.32 Å². The summed E-state index contributed by atoms with van der Waals surface area (Å²) in [6.45, 7) is 1.32. The van der Waals surface area contributed by atoms with Crippen LogP contribution in [-0.4, -0.2) is 18.9 Å². The Morgan fingerprint density at radius 2 is 1.87 bits per heavy atom. The third kappa shape index (κ3) is 3.65. The number of amides is 2. The van der Waals surface area contributed by atoms with Crippen LogP contribution in [0.1, 0.15) is 17.3 Å². The molecule has 0 atom stereocenters. The highest BCUT2D eigenvalue weighted by Gasteiger charge is 2.19. The van der Waals surface area contributed by atoms with Crippen LogP contribution < -0.4 is 10.2 Å². The minimum absolute atomic E-state index is 0.0343. The van der Waals surface area contributed by atoms with E-state index in [9.17, 15) is 18.4 Å². The molecular weight excluding hydrogens is 326 g/mol. The third-order valence-electron chi connectivity index (χ3n) is 3.23. The maximum Gasteiger partial charge on any atom is 0.260 e. The van der Waals surface area contributed by atoms with Gasteiger partial charge in [0.25, 0.3) is 5.91 Å². The van der Waals surface area contributed by atoms with Gasteiger partial charge in [-0.25, -0.2) is 8.78 Å². The summed E-state index contributed by atoms with van der Waals surface area (Å²) in [7, 11) is 1.47. The standard InChI is InChI=1S/C16H13ClF2N2O2/c1-9(22)21(2)14-7-6-10(18)8-13(14)20-16(23)15-11(17)4-3-5-12(15)19/h3-8H,1-2H3,(H,20,23). The number of halogens is 3. The summed E-state index contributed by atoms with van der Waals surface area (Å²) in [5.41, 5.74) is -0.0402. The van der Waals surface area contributed by atoms with Crippen LogP contribution in [0.3, 0.4) is 0 Å². The third-order valence-corrected chi connectivity index (χ3v) is 3.55. The summed E-state index contributed by atoms with van der Waals surface area (Å²) in [4.78, 5) is 25.0. The number of carbonyl (C=O) groups excluding carboxylic acids is 2. The average molecular weight is 339 g/mol. The lowest BCUT2D eigenvalue weighted by molar-refractivity contribution is -0.116. The molecule has 0 aliphatic carbocycles. The van der Waals surface area contributed by atoms with Crippen molar-refractivity contribution in [1.82, 2.24) is 0 Å². The number of carbonyl (C=O) groups is 2. The summed E-state index contributed by atoms with van der Waals surface area (Å²) in [5, 5.41) is 2.32. The van der Waals surface area contributed by atoms with Crippen molar-refractivity contribution >= 4 is 34.8 Å². The number of rotatable bonds is 3. The number of anilines is 2. The van der Waals surface area contributed by atoms with Crippen molar-refractivity contribution in [3.8, 4) is 0 Å². The van der Waals surface area contributed by atoms with Crippen molar-refractivity contribution in [2.75, 3.05) is 17.3 Å². The van der Waals surface area contributed by atoms with Crippen molar-refractivity contribution < 1.29 is 18.4 Å². The Balaban J connectivity index is 2.41. The lowest BCUT2D eigenvalue weighted by atomic mass is 10.1. The molecule has 0 aliphatic heterocycles. The van der Waals surface area contributed by atoms with Gasteiger partial charge in [0.2, 0.25) is 5.91 Å². The second-order valence-electron chi connectivity index (χ2n) is 4.79. The highest BCUT2D eigenvalue weighted by atomic mass is 35.5. The molecule has 0 unspecified atom stereocenters. The van der Waals surface area contributed by atoms with Gasteiger partial charge in [0.15, 0.2) is 0 Å². The van der Waals surface area contributed by atoms with Crippen LogP contribution in [0.2, 0.25) is 5.02 Å². The largest absolute Gasteiger partial charge is 0.320 e. The van der Waals surface area contributed by atoms with Crippen LogP contribution in [0.15, 0.2) is 36.4 Å². The first kappa shape index (κ1) is 16.9. The van der Waals surface area contributed by atoms with Gasteiger partial charge in [0.05, 0.1) is 22.0 Å². The van der Waals surface area contributed by atoms with E-state index in [4.69, 9.17) is 11.6 Å². The van der Waals surface area contributed by atoms with Gasteiger partial charge in [-0.2, -0.15) is 0 Å². The molecule has 2 rings (SSSR count). The lowest BCUT2D eigenvalue weighted by Crippen LogP contribution is -2.25. The summed E-state index contributed by atoms with van der Waals surface area (Å²) in [6, 6.07) is 7.37. The van der Waals surface area contributed by atoms with Crippen molar-refractivity contribution in [2.45, 2.75) is 6.92 Å². The molecule has 0 saturated heterocycles. The van der Waals surface area contributed by atoms with E-state index >= 15 is 0 Å². The van der Waals surface area contributed by atoms with Crippen molar-refractivity contribution in [3.05, 3.63) is 58.6 Å². The molecule has 0 fully saturated rings. The maximum absolute atomic E-state index is 13.8. The molecule has 120 valence electrons. The number of hydrogen-bond donors (Lipinski definition) is 1. The van der Waals surface area contributed by atoms with Crippen molar-refractivity contribution in [2.24, 2.45) is 0 Å². The van der Waals surface area contributed by atoms with E-state index in [1.54, 1.807) is 0 Å². The summed E-state index contributed by atoms with van der Waals surface area (Å²) >= 11 is 5.84. The minimum Gasteiger partial charge on any atom is -0.320 e. The Morgan fingerprint density at radius 3 is 2.48 bits per heavy atom. The average Bonchev–Trinajstić information content (AvgIpc) is 2.46. The van der Waals surface area contributed by atoms with Gasteiger partial charge in [-0.1, -0.05) is 17.7 Å². The zero-order valence-electron chi connectivity index (χ0n) is 12.4. The van der Waals surface area contributed by atoms with Crippen LogP contribution in [-0.2, 0) is 4.79 Å². The van der Waals surface area contributed by atoms with E-state index < -0.39 is 17.5 Å². The predicted molar refractivity (Wildman–Crippen MR) is 84.8 cm³/mol. The van der Waals surface area contributed by atoms with E-state index in [-0.39, 0.29) is 27.9 Å². The second-order valence-corrected chi connectivity index (χ2v) is 5.20. The smallest absolute Gasteiger partial charge is 0.260 e. The molecule has 0 aromatic heterocycles. The fourth-order valence-electron chi connectivity index (χ4n) is 1.97. The summed E-state index contributed by atoms with van der Waals surface area (Å²) < 4.78 is 27.3. The van der Waals surface area contributed by atoms with Gasteiger partial charge in [0.1, 0.15) is 11.6 Å². The monoisotopic (exact) mass is 338 g/mol. The van der Waals surface area contributed by atoms with Crippen molar-refractivity contribution in [3.63, 3.8) is 0 Å². The lowest BCUT2D eigenvalue weighted by Gasteiger charge is -2.19. The van der Waals surface area contributed by atoms with E-state index in [0.29, 0.717) is 0 Å². The van der Waals surface area contributed by atoms with Gasteiger partial charge in [-0.3, -0.25) is 9.59 Å². The molecule has 1 N–H and O–H groups in total. The van der Waals surface area contributed by atoms with E-state index in [0.717, 1.165) is 18.2 Å². The molecule has 0 heterocycles. The number of nitrogens with one attached hydrogen (secondary N) is 1. The summed E-state index contributed by atoms with van der Waals surface area (Å²) in [5.74, 6) is -2.55. The van der Waals surface area contributed by atoms with E-state index in [1.165, 1.54) is 37.1 Å². The minimum atomic E-state index is -0.836. The Kier molecular flexibility index (Phi) is 4.95. The molecule has 0 aliphatic rings. The molecule has 0 bridgehead atoms. The van der Waals surface area contributed by atoms with Gasteiger partial charge in [-0.05, 0) is 30.3 Å². The Bertz CT molecular complexity index is 760. The van der Waals surface area contributed by atoms with Crippen LogP contribution in [0.4, 0.5) is 20.2 Å². The first-order valence-corrected chi connectivity index (χ1v) is 6.98. The normalized spacial score (nSPS) is 10.3. The van der Waals surface area contributed by atoms with Gasteiger partial charge < -0.3 is 10.2 Å².